The van der Waals surface area contributed by atoms with Crippen molar-refractivity contribution < 1.29 is 14.7 Å². The van der Waals surface area contributed by atoms with Crippen LogP contribution in [-0.2, 0) is 4.79 Å². The van der Waals surface area contributed by atoms with Gasteiger partial charge in [0.05, 0.1) is 0 Å². The third-order valence-corrected chi connectivity index (χ3v) is 2.98. The molecular formula is C14H19NO3. The Morgan fingerprint density at radius 2 is 2.00 bits per heavy atom. The zero-order chi connectivity index (χ0) is 13.5. The first kappa shape index (κ1) is 14.2. The first-order valence-corrected chi connectivity index (χ1v) is 6.10. The van der Waals surface area contributed by atoms with Gasteiger partial charge in [0.15, 0.2) is 0 Å². The molecule has 2 N–H and O–H groups in total. The van der Waals surface area contributed by atoms with Crippen molar-refractivity contribution in [3.63, 3.8) is 0 Å². The van der Waals surface area contributed by atoms with Crippen molar-refractivity contribution in [3.8, 4) is 0 Å². The zero-order valence-electron chi connectivity index (χ0n) is 10.8. The van der Waals surface area contributed by atoms with Gasteiger partial charge in [0.2, 0.25) is 0 Å². The summed E-state index contributed by atoms with van der Waals surface area (Å²) in [5.74, 6) is -0.987. The molecule has 1 amide bonds. The Morgan fingerprint density at radius 3 is 2.56 bits per heavy atom. The van der Waals surface area contributed by atoms with E-state index < -0.39 is 5.97 Å². The number of rotatable bonds is 6. The largest absolute Gasteiger partial charge is 0.481 e. The summed E-state index contributed by atoms with van der Waals surface area (Å²) < 4.78 is 0. The Labute approximate surface area is 107 Å². The average Bonchev–Trinajstić information content (AvgIpc) is 2.34. The van der Waals surface area contributed by atoms with E-state index in [0.29, 0.717) is 12.1 Å². The number of carbonyl (C=O) groups is 2. The quantitative estimate of drug-likeness (QED) is 0.812. The Balaban J connectivity index is 2.55. The molecule has 18 heavy (non-hydrogen) atoms. The summed E-state index contributed by atoms with van der Waals surface area (Å²) in [6.45, 7) is 4.20. The highest BCUT2D eigenvalue weighted by Crippen LogP contribution is 2.09. The van der Waals surface area contributed by atoms with Crippen molar-refractivity contribution in [1.29, 1.82) is 0 Å². The molecule has 1 aromatic rings. The molecule has 0 aromatic heterocycles. The number of carboxylic acid groups (broad SMARTS) is 1. The van der Waals surface area contributed by atoms with E-state index in [0.717, 1.165) is 12.0 Å². The molecule has 1 atom stereocenters. The van der Waals surface area contributed by atoms with Crippen LogP contribution in [-0.4, -0.2) is 23.5 Å². The van der Waals surface area contributed by atoms with Crippen LogP contribution in [0, 0.1) is 12.8 Å². The predicted octanol–water partition coefficient (Wildman–Crippen LogP) is 2.23. The highest BCUT2D eigenvalue weighted by atomic mass is 16.4. The van der Waals surface area contributed by atoms with Crippen molar-refractivity contribution in [3.05, 3.63) is 35.4 Å². The van der Waals surface area contributed by atoms with Gasteiger partial charge in [-0.15, -0.1) is 0 Å². The summed E-state index contributed by atoms with van der Waals surface area (Å²) in [5.41, 5.74) is 1.56. The fourth-order valence-electron chi connectivity index (χ4n) is 1.77. The summed E-state index contributed by atoms with van der Waals surface area (Å²) in [4.78, 5) is 22.5. The van der Waals surface area contributed by atoms with Gasteiger partial charge in [0, 0.05) is 18.5 Å². The summed E-state index contributed by atoms with van der Waals surface area (Å²) in [7, 11) is 0. The molecule has 0 aliphatic rings. The van der Waals surface area contributed by atoms with Crippen LogP contribution in [0.5, 0.6) is 0 Å². The second-order valence-electron chi connectivity index (χ2n) is 4.40. The van der Waals surface area contributed by atoms with E-state index in [1.165, 1.54) is 0 Å². The van der Waals surface area contributed by atoms with Crippen LogP contribution < -0.4 is 5.32 Å². The maximum Gasteiger partial charge on any atom is 0.303 e. The number of benzene rings is 1. The van der Waals surface area contributed by atoms with Gasteiger partial charge in [-0.3, -0.25) is 9.59 Å². The van der Waals surface area contributed by atoms with Crippen LogP contribution in [0.4, 0.5) is 0 Å². The van der Waals surface area contributed by atoms with Crippen molar-refractivity contribution >= 4 is 11.9 Å². The van der Waals surface area contributed by atoms with Gasteiger partial charge in [0.1, 0.15) is 0 Å². The average molecular weight is 249 g/mol. The minimum atomic E-state index is -0.827. The topological polar surface area (TPSA) is 66.4 Å². The van der Waals surface area contributed by atoms with Gasteiger partial charge in [-0.25, -0.2) is 0 Å². The number of hydrogen-bond acceptors (Lipinski definition) is 2. The lowest BCUT2D eigenvalue weighted by Gasteiger charge is -2.14. The van der Waals surface area contributed by atoms with E-state index >= 15 is 0 Å². The molecule has 0 fully saturated rings. The van der Waals surface area contributed by atoms with Gasteiger partial charge in [0.25, 0.3) is 5.91 Å². The number of hydrogen-bond donors (Lipinski definition) is 2. The van der Waals surface area contributed by atoms with Gasteiger partial charge >= 0.3 is 5.97 Å². The van der Waals surface area contributed by atoms with Crippen molar-refractivity contribution in [2.45, 2.75) is 26.7 Å². The second kappa shape index (κ2) is 6.79. The molecule has 4 nitrogen and oxygen atoms in total. The van der Waals surface area contributed by atoms with E-state index in [9.17, 15) is 9.59 Å². The normalized spacial score (nSPS) is 11.9. The van der Waals surface area contributed by atoms with Crippen LogP contribution in [0.3, 0.4) is 0 Å². The molecule has 0 spiro atoms. The minimum absolute atomic E-state index is 0.0181. The third kappa shape index (κ3) is 4.20. The zero-order valence-corrected chi connectivity index (χ0v) is 10.8. The summed E-state index contributed by atoms with van der Waals surface area (Å²) in [6.07, 6.45) is 0.824. The monoisotopic (exact) mass is 249 g/mol. The van der Waals surface area contributed by atoms with Crippen LogP contribution >= 0.6 is 0 Å². The molecule has 1 aromatic carbocycles. The highest BCUT2D eigenvalue weighted by Gasteiger charge is 2.14. The van der Waals surface area contributed by atoms with E-state index in [-0.39, 0.29) is 18.2 Å². The fraction of sp³-hybridized carbons (Fsp3) is 0.429. The van der Waals surface area contributed by atoms with Crippen LogP contribution in [0.1, 0.15) is 35.7 Å². The van der Waals surface area contributed by atoms with E-state index in [1.807, 2.05) is 32.0 Å². The van der Waals surface area contributed by atoms with Crippen LogP contribution in [0.15, 0.2) is 24.3 Å². The molecule has 1 rings (SSSR count). The van der Waals surface area contributed by atoms with Crippen molar-refractivity contribution in [2.24, 2.45) is 5.92 Å². The van der Waals surface area contributed by atoms with Crippen molar-refractivity contribution in [2.75, 3.05) is 6.54 Å². The number of aryl methyl sites for hydroxylation is 1. The molecule has 4 heteroatoms. The van der Waals surface area contributed by atoms with Crippen LogP contribution in [0.2, 0.25) is 0 Å². The summed E-state index contributed by atoms with van der Waals surface area (Å²) in [6, 6.07) is 7.34. The number of amides is 1. The smallest absolute Gasteiger partial charge is 0.303 e. The Morgan fingerprint density at radius 1 is 1.33 bits per heavy atom. The van der Waals surface area contributed by atoms with Gasteiger partial charge in [-0.05, 0) is 24.5 Å². The number of nitrogens with one attached hydrogen (secondary N) is 1. The molecule has 0 saturated carbocycles. The molecule has 1 unspecified atom stereocenters. The first-order valence-electron chi connectivity index (χ1n) is 6.10. The lowest BCUT2D eigenvalue weighted by Crippen LogP contribution is -2.30. The molecule has 0 aliphatic carbocycles. The lowest BCUT2D eigenvalue weighted by atomic mass is 10.0. The highest BCUT2D eigenvalue weighted by molar-refractivity contribution is 5.95. The molecule has 0 saturated heterocycles. The van der Waals surface area contributed by atoms with E-state index in [4.69, 9.17) is 5.11 Å². The molecule has 0 bridgehead atoms. The first-order chi connectivity index (χ1) is 8.54. The molecular weight excluding hydrogens is 230 g/mol. The Kier molecular flexibility index (Phi) is 5.36. The molecule has 0 aliphatic heterocycles. The second-order valence-corrected chi connectivity index (χ2v) is 4.40. The Hall–Kier alpha value is -1.84. The van der Waals surface area contributed by atoms with E-state index in [2.05, 4.69) is 5.32 Å². The van der Waals surface area contributed by atoms with Gasteiger partial charge < -0.3 is 10.4 Å². The number of carbonyl (C=O) groups excluding carboxylic acids is 1. The maximum absolute atomic E-state index is 11.9. The lowest BCUT2D eigenvalue weighted by molar-refractivity contribution is -0.138. The van der Waals surface area contributed by atoms with E-state index in [1.54, 1.807) is 6.07 Å². The minimum Gasteiger partial charge on any atom is -0.481 e. The van der Waals surface area contributed by atoms with Gasteiger partial charge in [-0.1, -0.05) is 31.5 Å². The number of carboxylic acids is 1. The third-order valence-electron chi connectivity index (χ3n) is 2.98. The maximum atomic E-state index is 11.9. The summed E-state index contributed by atoms with van der Waals surface area (Å²) in [5, 5.41) is 11.5. The molecule has 0 heterocycles. The van der Waals surface area contributed by atoms with Gasteiger partial charge in [-0.2, -0.15) is 0 Å². The molecule has 0 radical (unpaired) electrons. The van der Waals surface area contributed by atoms with Crippen molar-refractivity contribution in [1.82, 2.24) is 5.32 Å². The standard InChI is InChI=1S/C14H19NO3/c1-3-11(8-13(16)17)9-15-14(18)12-7-5-4-6-10(12)2/h4-7,11H,3,8-9H2,1-2H3,(H,15,18)(H,16,17). The Bertz CT molecular complexity index is 429. The number of aliphatic carboxylic acids is 1. The molecule has 98 valence electrons. The fourth-order valence-corrected chi connectivity index (χ4v) is 1.77. The summed E-state index contributed by atoms with van der Waals surface area (Å²) >= 11 is 0. The predicted molar refractivity (Wildman–Crippen MR) is 69.5 cm³/mol. The SMILES string of the molecule is CCC(CNC(=O)c1ccccc1C)CC(=O)O. The van der Waals surface area contributed by atoms with Crippen LogP contribution in [0.25, 0.3) is 0 Å².